The van der Waals surface area contributed by atoms with E-state index < -0.39 is 16.6 Å². The van der Waals surface area contributed by atoms with Crippen molar-refractivity contribution in [2.75, 3.05) is 0 Å². The van der Waals surface area contributed by atoms with Crippen LogP contribution in [0.4, 0.5) is 0 Å². The predicted molar refractivity (Wildman–Crippen MR) is 260 cm³/mol. The second-order valence-corrected chi connectivity index (χ2v) is 29.1. The van der Waals surface area contributed by atoms with Crippen molar-refractivity contribution >= 4 is 16.6 Å². The van der Waals surface area contributed by atoms with Gasteiger partial charge in [0.2, 0.25) is 0 Å². The number of hydrogen-bond donors (Lipinski definition) is 0. The van der Waals surface area contributed by atoms with Crippen LogP contribution in [0.5, 0.6) is 0 Å². The van der Waals surface area contributed by atoms with Gasteiger partial charge in [-0.25, -0.2) is 0 Å². The Morgan fingerprint density at radius 3 is 0.582 bits per heavy atom. The van der Waals surface area contributed by atoms with Gasteiger partial charge >= 0.3 is 0 Å². The average Bonchev–Trinajstić information content (AvgIpc) is 3.10. The molecule has 0 fully saturated rings. The van der Waals surface area contributed by atoms with E-state index in [1.165, 1.54) is 242 Å². The van der Waals surface area contributed by atoms with Crippen LogP contribution in [0.15, 0.2) is 0 Å². The molecule has 0 amide bonds. The molecular formula is C52H110OSi2. The lowest BCUT2D eigenvalue weighted by Crippen LogP contribution is -2.54. The topological polar surface area (TPSA) is 9.23 Å². The lowest BCUT2D eigenvalue weighted by molar-refractivity contribution is 0.439. The largest absolute Gasteiger partial charge is 0.455 e. The molecule has 0 aromatic heterocycles. The third-order valence-electron chi connectivity index (χ3n) is 12.5. The highest BCUT2D eigenvalue weighted by Gasteiger charge is 2.46. The average molecular weight is 808 g/mol. The van der Waals surface area contributed by atoms with Gasteiger partial charge in [0.25, 0.3) is 0 Å². The maximum Gasteiger partial charge on any atom is 0.180 e. The summed E-state index contributed by atoms with van der Waals surface area (Å²) in [6.07, 6.45) is 46.6. The molecule has 0 aromatic rings. The van der Waals surface area contributed by atoms with Crippen molar-refractivity contribution in [2.45, 2.75) is 311 Å². The first kappa shape index (κ1) is 55.4. The fourth-order valence-corrected chi connectivity index (χ4v) is 25.0. The monoisotopic (exact) mass is 807 g/mol. The summed E-state index contributed by atoms with van der Waals surface area (Å²) >= 11 is 0. The SMILES string of the molecule is CCCCCCCCCCCCCCCCCC[Si](CC(C)C)(CC(C)C)O[Si](CCCCCCCCCCCCCCCCCC)(CC(C)C)CC(C)C. The third kappa shape index (κ3) is 36.0. The maximum absolute atomic E-state index is 8.20. The van der Waals surface area contributed by atoms with E-state index in [0.29, 0.717) is 0 Å². The van der Waals surface area contributed by atoms with E-state index in [1.54, 1.807) is 0 Å². The minimum Gasteiger partial charge on any atom is -0.455 e. The molecule has 55 heavy (non-hydrogen) atoms. The first-order valence-corrected chi connectivity index (χ1v) is 31.3. The van der Waals surface area contributed by atoms with Gasteiger partial charge in [-0.15, -0.1) is 0 Å². The second-order valence-electron chi connectivity index (χ2n) is 21.0. The summed E-state index contributed by atoms with van der Waals surface area (Å²) in [5.74, 6) is 3.03. The van der Waals surface area contributed by atoms with E-state index in [0.717, 1.165) is 23.7 Å². The summed E-state index contributed by atoms with van der Waals surface area (Å²) in [5, 5.41) is 0. The van der Waals surface area contributed by atoms with Gasteiger partial charge in [-0.05, 0) is 59.9 Å². The zero-order chi connectivity index (χ0) is 40.9. The minimum atomic E-state index is -1.85. The number of unbranched alkanes of at least 4 members (excludes halogenated alkanes) is 30. The van der Waals surface area contributed by atoms with Gasteiger partial charge in [0.05, 0.1) is 0 Å². The van der Waals surface area contributed by atoms with Crippen molar-refractivity contribution in [3.63, 3.8) is 0 Å². The van der Waals surface area contributed by atoms with E-state index in [9.17, 15) is 0 Å². The standard InChI is InChI=1S/C52H110OSi2/c1-11-13-15-17-19-21-23-25-27-29-31-33-35-37-39-41-43-54(45-49(3)4,46-50(5)6)53-55(47-51(7)8,48-52(9)10)44-42-40-38-36-34-32-30-28-26-24-22-20-18-16-14-12-2/h49-52H,11-48H2,1-10H3. The van der Waals surface area contributed by atoms with Crippen LogP contribution in [0.25, 0.3) is 0 Å². The summed E-state index contributed by atoms with van der Waals surface area (Å²) in [6, 6.07) is 8.46. The Kier molecular flexibility index (Phi) is 38.9. The molecule has 0 saturated carbocycles. The lowest BCUT2D eigenvalue weighted by atomic mass is 10.0. The van der Waals surface area contributed by atoms with Gasteiger partial charge in [-0.2, -0.15) is 0 Å². The molecule has 332 valence electrons. The maximum atomic E-state index is 8.20. The first-order chi connectivity index (χ1) is 26.5. The number of rotatable bonds is 44. The van der Waals surface area contributed by atoms with Crippen LogP contribution in [0.3, 0.4) is 0 Å². The molecule has 0 bridgehead atoms. The van der Waals surface area contributed by atoms with Gasteiger partial charge < -0.3 is 4.12 Å². The van der Waals surface area contributed by atoms with E-state index in [-0.39, 0.29) is 0 Å². The molecule has 1 nitrogen and oxygen atoms in total. The molecule has 0 heterocycles. The van der Waals surface area contributed by atoms with E-state index in [4.69, 9.17) is 4.12 Å². The highest BCUT2D eigenvalue weighted by atomic mass is 28.4. The summed E-state index contributed by atoms with van der Waals surface area (Å²) in [5.41, 5.74) is 0. The Balaban J connectivity index is 4.90. The fourth-order valence-electron chi connectivity index (χ4n) is 10.3. The predicted octanol–water partition coefficient (Wildman–Crippen LogP) is 20.0. The normalized spacial score (nSPS) is 12.8. The summed E-state index contributed by atoms with van der Waals surface area (Å²) < 4.78 is 8.20. The van der Waals surface area contributed by atoms with Gasteiger partial charge in [-0.1, -0.05) is 275 Å². The summed E-state index contributed by atoms with van der Waals surface area (Å²) in [7, 11) is -3.69. The Morgan fingerprint density at radius 1 is 0.255 bits per heavy atom. The molecule has 0 aromatic carbocycles. The molecule has 0 spiro atoms. The Bertz CT molecular complexity index is 679. The molecule has 0 N–H and O–H groups in total. The van der Waals surface area contributed by atoms with E-state index in [2.05, 4.69) is 69.2 Å². The molecule has 0 unspecified atom stereocenters. The van der Waals surface area contributed by atoms with Gasteiger partial charge in [-0.3, -0.25) is 0 Å². The van der Waals surface area contributed by atoms with Crippen molar-refractivity contribution in [1.82, 2.24) is 0 Å². The smallest absolute Gasteiger partial charge is 0.180 e. The lowest BCUT2D eigenvalue weighted by Gasteiger charge is -2.46. The van der Waals surface area contributed by atoms with Crippen molar-refractivity contribution in [1.29, 1.82) is 0 Å². The molecule has 0 rings (SSSR count). The fraction of sp³-hybridized carbons (Fsp3) is 1.00. The quantitative estimate of drug-likeness (QED) is 0.0440. The Hall–Kier alpha value is 0.394. The molecular weight excluding hydrogens is 697 g/mol. The zero-order valence-corrected chi connectivity index (χ0v) is 42.6. The summed E-state index contributed by atoms with van der Waals surface area (Å²) in [6.45, 7) is 24.7. The minimum absolute atomic E-state index is 0.756. The summed E-state index contributed by atoms with van der Waals surface area (Å²) in [4.78, 5) is 0. The van der Waals surface area contributed by atoms with Crippen molar-refractivity contribution < 1.29 is 4.12 Å². The Morgan fingerprint density at radius 2 is 0.418 bits per heavy atom. The van der Waals surface area contributed by atoms with Gasteiger partial charge in [0.15, 0.2) is 16.6 Å². The molecule has 0 radical (unpaired) electrons. The molecule has 0 atom stereocenters. The Labute approximate surface area is 353 Å². The highest BCUT2D eigenvalue weighted by Crippen LogP contribution is 2.41. The molecule has 3 heteroatoms. The second kappa shape index (κ2) is 38.6. The van der Waals surface area contributed by atoms with Crippen LogP contribution >= 0.6 is 0 Å². The van der Waals surface area contributed by atoms with Gasteiger partial charge in [0, 0.05) is 0 Å². The van der Waals surface area contributed by atoms with Gasteiger partial charge in [0.1, 0.15) is 0 Å². The van der Waals surface area contributed by atoms with Crippen LogP contribution in [0.2, 0.25) is 36.3 Å². The van der Waals surface area contributed by atoms with Crippen LogP contribution in [0.1, 0.15) is 275 Å². The van der Waals surface area contributed by atoms with E-state index >= 15 is 0 Å². The van der Waals surface area contributed by atoms with Crippen LogP contribution in [-0.4, -0.2) is 16.6 Å². The van der Waals surface area contributed by atoms with Crippen LogP contribution in [-0.2, 0) is 4.12 Å². The molecule has 0 aliphatic carbocycles. The van der Waals surface area contributed by atoms with Crippen LogP contribution < -0.4 is 0 Å². The van der Waals surface area contributed by atoms with Crippen LogP contribution in [0, 0.1) is 23.7 Å². The van der Waals surface area contributed by atoms with Crippen molar-refractivity contribution in [3.05, 3.63) is 0 Å². The van der Waals surface area contributed by atoms with Crippen molar-refractivity contribution in [2.24, 2.45) is 23.7 Å². The molecule has 0 aliphatic heterocycles. The third-order valence-corrected chi connectivity index (χ3v) is 24.8. The molecule has 0 aliphatic rings. The number of hydrogen-bond acceptors (Lipinski definition) is 1. The molecule has 0 saturated heterocycles. The highest BCUT2D eigenvalue weighted by molar-refractivity contribution is 6.87. The van der Waals surface area contributed by atoms with Crippen molar-refractivity contribution in [3.8, 4) is 0 Å². The van der Waals surface area contributed by atoms with E-state index in [1.807, 2.05) is 0 Å². The first-order valence-electron chi connectivity index (χ1n) is 26.2. The zero-order valence-electron chi connectivity index (χ0n) is 40.6.